The molecule has 2 aliphatic heterocycles. The Morgan fingerprint density at radius 3 is 1.64 bits per heavy atom. The van der Waals surface area contributed by atoms with Gasteiger partial charge in [-0.15, -0.1) is 0 Å². The number of hydrogen-bond acceptors (Lipinski definition) is 14. The average molecular weight is 1260 g/mol. The van der Waals surface area contributed by atoms with Gasteiger partial charge in [-0.05, 0) is 149 Å². The summed E-state index contributed by atoms with van der Waals surface area (Å²) >= 11 is 11.9. The van der Waals surface area contributed by atoms with Gasteiger partial charge in [0.05, 0.1) is 54.7 Å². The smallest absolute Gasteiger partial charge is 0.433 e. The van der Waals surface area contributed by atoms with E-state index in [9.17, 15) is 49.3 Å². The molecule has 0 aliphatic carbocycles. The number of amides is 8. The van der Waals surface area contributed by atoms with Gasteiger partial charge in [-0.2, -0.15) is 10.1 Å². The van der Waals surface area contributed by atoms with Crippen molar-refractivity contribution in [2.75, 3.05) is 46.6 Å². The normalized spacial score (nSPS) is 16.2. The third kappa shape index (κ3) is 14.4. The first-order chi connectivity index (χ1) is 43.0. The number of carbonyl (C=O) groups excluding carboxylic acids is 6. The minimum Gasteiger partial charge on any atom is -0.462 e. The number of hydroxylamine groups is 4. The molecule has 2 atom stereocenters. The zero-order valence-corrected chi connectivity index (χ0v) is 50.7. The number of nitrogens with zero attached hydrogens (tertiary/aromatic N) is 9. The van der Waals surface area contributed by atoms with Crippen molar-refractivity contribution in [3.05, 3.63) is 207 Å². The number of Topliss-reactive ketones (excluding diaryl/α,β-unsaturated/α-hetero) is 2. The predicted octanol–water partition coefficient (Wildman–Crippen LogP) is 13.6. The fraction of sp³-hybridized carbons (Fsp3) is 0.200. The molecular formula is C65H61Cl2N11O12. The first kappa shape index (κ1) is 64.0. The molecule has 23 nitrogen and oxygen atoms in total. The first-order valence-electron chi connectivity index (χ1n) is 28.0. The van der Waals surface area contributed by atoms with Crippen molar-refractivity contribution in [3.8, 4) is 0 Å². The fourth-order valence-electron chi connectivity index (χ4n) is 10.4. The second-order valence-electron chi connectivity index (χ2n) is 21.7. The van der Waals surface area contributed by atoms with Gasteiger partial charge in [0.15, 0.2) is 23.9 Å². The SMILES string of the molecule is CC1(C)C(N(O)C(=O)Nc2ccc(Cl)cc2)N(c2ccc(Cl)cc2)C(=O)N1CC(=O)CN=CC=Cc1ccc([N+](=O)[O-])o1.Cc1ccc(C=CC=NCC(=O)CN2C(=O)N(c3cccc4ccccc34)C(N(O)C(=O)Nc3cccc4ccccc34)C2(C)C)o1. The average Bonchev–Trinajstić information content (AvgIpc) is 1.58. The van der Waals surface area contributed by atoms with Crippen LogP contribution in [0.4, 0.5) is 47.8 Å². The number of fused-ring (bicyclic) bond motifs is 2. The highest BCUT2D eigenvalue weighted by molar-refractivity contribution is 6.31. The zero-order valence-electron chi connectivity index (χ0n) is 49.2. The van der Waals surface area contributed by atoms with Gasteiger partial charge in [0, 0.05) is 44.6 Å². The van der Waals surface area contributed by atoms with E-state index in [1.807, 2.05) is 91.9 Å². The molecule has 4 N–H and O–H groups in total. The highest BCUT2D eigenvalue weighted by Gasteiger charge is 2.58. The Kier molecular flexibility index (Phi) is 19.7. The van der Waals surface area contributed by atoms with E-state index in [2.05, 4.69) is 20.6 Å². The van der Waals surface area contributed by atoms with E-state index >= 15 is 0 Å². The number of hydrogen-bond donors (Lipinski definition) is 4. The summed E-state index contributed by atoms with van der Waals surface area (Å²) in [5.74, 6) is 0.551. The minimum absolute atomic E-state index is 0.162. The molecule has 90 heavy (non-hydrogen) atoms. The van der Waals surface area contributed by atoms with Gasteiger partial charge >= 0.3 is 30.0 Å². The lowest BCUT2D eigenvalue weighted by atomic mass is 9.99. The number of urea groups is 4. The number of halogens is 2. The molecular weight excluding hydrogens is 1200 g/mol. The summed E-state index contributed by atoms with van der Waals surface area (Å²) in [5.41, 5.74) is -0.785. The van der Waals surface area contributed by atoms with E-state index in [1.165, 1.54) is 56.3 Å². The molecule has 10 rings (SSSR count). The predicted molar refractivity (Wildman–Crippen MR) is 345 cm³/mol. The van der Waals surface area contributed by atoms with Gasteiger partial charge in [0.2, 0.25) is 0 Å². The Labute approximate surface area is 526 Å². The van der Waals surface area contributed by atoms with Crippen LogP contribution in [0.2, 0.25) is 10.0 Å². The number of benzene rings is 6. The zero-order chi connectivity index (χ0) is 64.4. The second-order valence-corrected chi connectivity index (χ2v) is 22.6. The van der Waals surface area contributed by atoms with E-state index in [-0.39, 0.29) is 37.7 Å². The number of nitro groups is 1. The molecule has 8 aromatic rings. The van der Waals surface area contributed by atoms with Crippen molar-refractivity contribution in [1.82, 2.24) is 19.9 Å². The van der Waals surface area contributed by atoms with Gasteiger partial charge < -0.3 is 29.3 Å². The second kappa shape index (κ2) is 27.7. The minimum atomic E-state index is -1.27. The number of nitrogens with one attached hydrogen (secondary N) is 2. The van der Waals surface area contributed by atoms with Crippen LogP contribution in [-0.4, -0.2) is 133 Å². The van der Waals surface area contributed by atoms with Gasteiger partial charge in [-0.25, -0.2) is 19.2 Å². The monoisotopic (exact) mass is 1260 g/mol. The molecule has 2 aromatic heterocycles. The summed E-state index contributed by atoms with van der Waals surface area (Å²) in [5, 5.41) is 44.0. The number of anilines is 4. The van der Waals surface area contributed by atoms with Crippen LogP contribution in [-0.2, 0) is 9.59 Å². The lowest BCUT2D eigenvalue weighted by Crippen LogP contribution is -2.58. The number of furan rings is 2. The standard InChI is InChI=1S/C37H35N5O5.C28H26Cl2N6O7/c1-25-20-21-29(47-25)15-10-22-38-23-28(43)24-40-36(45)41(33-19-9-14-27-12-5-7-17-31(27)33)34(37(40,2)3)42(46)35(44)39-32-18-8-13-26-11-4-6-16-30(26)32;1-28(2)25(35(40)26(38)32-20-9-5-18(29)6-10-20)34(21-11-7-19(30)8-12-21)27(39)33(28)17-22(37)16-31-15-3-4-23-13-14-24(43-23)36(41)42/h4-22,34,46H,23-24H2,1-3H3,(H,39,44);3-15,25,40H,16-17H2,1-2H3,(H,32,38). The molecule has 25 heteroatoms. The van der Waals surface area contributed by atoms with Gasteiger partial charge in [0.1, 0.15) is 22.2 Å². The van der Waals surface area contributed by atoms with Crippen LogP contribution < -0.4 is 20.4 Å². The molecule has 0 radical (unpaired) electrons. The summed E-state index contributed by atoms with van der Waals surface area (Å²) < 4.78 is 10.5. The van der Waals surface area contributed by atoms with Crippen LogP contribution >= 0.6 is 23.2 Å². The lowest BCUT2D eigenvalue weighted by molar-refractivity contribution is -0.402. The van der Waals surface area contributed by atoms with Crippen molar-refractivity contribution in [3.63, 3.8) is 0 Å². The Hall–Kier alpha value is -10.5. The van der Waals surface area contributed by atoms with Crippen molar-refractivity contribution in [1.29, 1.82) is 0 Å². The van der Waals surface area contributed by atoms with Crippen LogP contribution in [0.1, 0.15) is 45.0 Å². The Morgan fingerprint density at radius 2 is 1.09 bits per heavy atom. The van der Waals surface area contributed by atoms with E-state index < -0.39 is 64.1 Å². The summed E-state index contributed by atoms with van der Waals surface area (Å²) in [7, 11) is 0. The molecule has 2 aliphatic rings. The largest absolute Gasteiger partial charge is 0.462 e. The van der Waals surface area contributed by atoms with E-state index in [0.717, 1.165) is 27.3 Å². The number of aryl methyl sites for hydroxylation is 1. The molecule has 462 valence electrons. The highest BCUT2D eigenvalue weighted by Crippen LogP contribution is 2.42. The summed E-state index contributed by atoms with van der Waals surface area (Å²) in [6.45, 7) is 7.44. The quantitative estimate of drug-likeness (QED) is 0.0254. The van der Waals surface area contributed by atoms with Crippen LogP contribution in [0, 0.1) is 17.0 Å². The molecule has 8 amide bonds. The maximum absolute atomic E-state index is 14.3. The number of carbonyl (C=O) groups is 6. The van der Waals surface area contributed by atoms with Gasteiger partial charge in [-0.1, -0.05) is 96.0 Å². The third-order valence-corrected chi connectivity index (χ3v) is 15.3. The Balaban J connectivity index is 0.000000214. The first-order valence-corrected chi connectivity index (χ1v) is 28.7. The molecule has 4 heterocycles. The topological polar surface area (TPSA) is 281 Å². The molecule has 6 aromatic carbocycles. The molecule has 0 spiro atoms. The number of ketones is 2. The summed E-state index contributed by atoms with van der Waals surface area (Å²) in [4.78, 5) is 104. The summed E-state index contributed by atoms with van der Waals surface area (Å²) in [6, 6.07) is 42.0. The van der Waals surface area contributed by atoms with Crippen molar-refractivity contribution in [2.24, 2.45) is 9.98 Å². The maximum atomic E-state index is 14.3. The number of allylic oxidation sites excluding steroid dienone is 2. The van der Waals surface area contributed by atoms with Crippen molar-refractivity contribution >= 4 is 134 Å². The van der Waals surface area contributed by atoms with Crippen molar-refractivity contribution < 1.29 is 52.9 Å². The molecule has 0 bridgehead atoms. The van der Waals surface area contributed by atoms with Crippen LogP contribution in [0.15, 0.2) is 189 Å². The van der Waals surface area contributed by atoms with Crippen LogP contribution in [0.25, 0.3) is 33.7 Å². The maximum Gasteiger partial charge on any atom is 0.433 e. The third-order valence-electron chi connectivity index (χ3n) is 14.8. The van der Waals surface area contributed by atoms with Crippen LogP contribution in [0.5, 0.6) is 0 Å². The molecule has 0 saturated carbocycles. The van der Waals surface area contributed by atoms with E-state index in [4.69, 9.17) is 32.0 Å². The van der Waals surface area contributed by atoms with E-state index in [0.29, 0.717) is 48.7 Å². The van der Waals surface area contributed by atoms with Gasteiger partial charge in [0.25, 0.3) is 0 Å². The van der Waals surface area contributed by atoms with E-state index in [1.54, 1.807) is 101 Å². The van der Waals surface area contributed by atoms with Crippen LogP contribution in [0.3, 0.4) is 0 Å². The summed E-state index contributed by atoms with van der Waals surface area (Å²) in [6.07, 6.45) is 6.66. The Morgan fingerprint density at radius 1 is 0.611 bits per heavy atom. The molecule has 2 saturated heterocycles. The highest BCUT2D eigenvalue weighted by atomic mass is 35.5. The molecule has 2 fully saturated rings. The number of rotatable bonds is 19. The Bertz CT molecular complexity index is 4120. The lowest BCUT2D eigenvalue weighted by Gasteiger charge is -2.38. The molecule has 2 unspecified atom stereocenters. The fourth-order valence-corrected chi connectivity index (χ4v) is 10.7. The van der Waals surface area contributed by atoms with Gasteiger partial charge in [-0.3, -0.25) is 49.9 Å². The number of aliphatic imine (C=N–C) groups is 2. The van der Waals surface area contributed by atoms with Crippen molar-refractivity contribution in [2.45, 2.75) is 58.0 Å².